The van der Waals surface area contributed by atoms with E-state index < -0.39 is 0 Å². The van der Waals surface area contributed by atoms with Crippen LogP contribution in [0.1, 0.15) is 36.3 Å². The van der Waals surface area contributed by atoms with Crippen LogP contribution in [0.3, 0.4) is 0 Å². The Morgan fingerprint density at radius 2 is 2.36 bits per heavy atom. The predicted molar refractivity (Wildman–Crippen MR) is 58.6 cm³/mol. The minimum atomic E-state index is 0.446. The van der Waals surface area contributed by atoms with Crippen LogP contribution in [0.4, 0.5) is 0 Å². The maximum Gasteiger partial charge on any atom is 0.124 e. The van der Waals surface area contributed by atoms with Crippen molar-refractivity contribution < 1.29 is 0 Å². The standard InChI is InChI=1S/C10H15N3S/c1-2-7(1)8-5-12-10(13-8)9-6-14-4-3-11-9/h5,7,9,11H,1-4,6H2,(H,12,13). The third-order valence-corrected chi connectivity index (χ3v) is 3.95. The van der Waals surface area contributed by atoms with E-state index >= 15 is 0 Å². The Hall–Kier alpha value is -0.480. The number of hydrogen-bond donors (Lipinski definition) is 2. The number of aromatic nitrogens is 2. The lowest BCUT2D eigenvalue weighted by atomic mass is 10.3. The largest absolute Gasteiger partial charge is 0.344 e. The SMILES string of the molecule is c1nc(C2CSCCN2)[nH]c1C1CC1. The van der Waals surface area contributed by atoms with Crippen LogP contribution in [-0.2, 0) is 0 Å². The normalized spacial score (nSPS) is 27.9. The number of imidazole rings is 1. The summed E-state index contributed by atoms with van der Waals surface area (Å²) in [6, 6.07) is 0.446. The molecule has 2 heterocycles. The summed E-state index contributed by atoms with van der Waals surface area (Å²) in [4.78, 5) is 7.93. The number of nitrogens with one attached hydrogen (secondary N) is 2. The monoisotopic (exact) mass is 209 g/mol. The van der Waals surface area contributed by atoms with Gasteiger partial charge >= 0.3 is 0 Å². The minimum Gasteiger partial charge on any atom is -0.344 e. The van der Waals surface area contributed by atoms with Gasteiger partial charge in [0.05, 0.1) is 6.04 Å². The minimum absolute atomic E-state index is 0.446. The van der Waals surface area contributed by atoms with Crippen LogP contribution in [0.2, 0.25) is 0 Å². The van der Waals surface area contributed by atoms with E-state index in [1.807, 2.05) is 18.0 Å². The van der Waals surface area contributed by atoms with E-state index in [1.54, 1.807) is 0 Å². The molecule has 1 aliphatic carbocycles. The lowest BCUT2D eigenvalue weighted by molar-refractivity contribution is 0.568. The number of rotatable bonds is 2. The Balaban J connectivity index is 1.74. The highest BCUT2D eigenvalue weighted by Crippen LogP contribution is 2.39. The fraction of sp³-hybridized carbons (Fsp3) is 0.700. The lowest BCUT2D eigenvalue weighted by Gasteiger charge is -2.20. The molecule has 0 amide bonds. The van der Waals surface area contributed by atoms with Gasteiger partial charge in [-0.2, -0.15) is 11.8 Å². The molecule has 2 N–H and O–H groups in total. The summed E-state index contributed by atoms with van der Waals surface area (Å²) in [5, 5.41) is 3.49. The van der Waals surface area contributed by atoms with Crippen molar-refractivity contribution in [2.75, 3.05) is 18.1 Å². The highest BCUT2D eigenvalue weighted by atomic mass is 32.2. The van der Waals surface area contributed by atoms with Gasteiger partial charge in [-0.15, -0.1) is 0 Å². The van der Waals surface area contributed by atoms with Gasteiger partial charge in [0, 0.05) is 35.9 Å². The molecule has 0 spiro atoms. The Labute approximate surface area is 88.1 Å². The van der Waals surface area contributed by atoms with Crippen molar-refractivity contribution in [2.45, 2.75) is 24.8 Å². The summed E-state index contributed by atoms with van der Waals surface area (Å²) >= 11 is 2.01. The van der Waals surface area contributed by atoms with Gasteiger partial charge in [0.1, 0.15) is 5.82 Å². The maximum absolute atomic E-state index is 4.47. The number of H-pyrrole nitrogens is 1. The second kappa shape index (κ2) is 3.59. The van der Waals surface area contributed by atoms with E-state index in [4.69, 9.17) is 0 Å². The molecule has 1 saturated carbocycles. The first-order valence-corrected chi connectivity index (χ1v) is 6.45. The predicted octanol–water partition coefficient (Wildman–Crippen LogP) is 1.66. The molecule has 2 fully saturated rings. The van der Waals surface area contributed by atoms with E-state index in [0.717, 1.165) is 24.0 Å². The average Bonchev–Trinajstić information content (AvgIpc) is 2.98. The quantitative estimate of drug-likeness (QED) is 0.778. The zero-order valence-electron chi connectivity index (χ0n) is 8.12. The molecule has 0 radical (unpaired) electrons. The van der Waals surface area contributed by atoms with Crippen LogP contribution in [0.5, 0.6) is 0 Å². The number of nitrogens with zero attached hydrogens (tertiary/aromatic N) is 1. The molecule has 0 bridgehead atoms. The molecule has 1 aromatic heterocycles. The summed E-state index contributed by atoms with van der Waals surface area (Å²) < 4.78 is 0. The zero-order valence-corrected chi connectivity index (χ0v) is 8.94. The van der Waals surface area contributed by atoms with Gasteiger partial charge in [-0.1, -0.05) is 0 Å². The van der Waals surface area contributed by atoms with Crippen LogP contribution in [0.25, 0.3) is 0 Å². The molecular formula is C10H15N3S. The fourth-order valence-electron chi connectivity index (χ4n) is 1.87. The summed E-state index contributed by atoms with van der Waals surface area (Å²) in [6.45, 7) is 1.11. The maximum atomic E-state index is 4.47. The molecule has 0 aromatic carbocycles. The Bertz CT molecular complexity index is 313. The molecule has 1 unspecified atom stereocenters. The van der Waals surface area contributed by atoms with E-state index in [-0.39, 0.29) is 0 Å². The summed E-state index contributed by atoms with van der Waals surface area (Å²) in [5.41, 5.74) is 1.34. The molecule has 76 valence electrons. The first kappa shape index (κ1) is 8.80. The van der Waals surface area contributed by atoms with Gasteiger partial charge < -0.3 is 10.3 Å². The molecule has 14 heavy (non-hydrogen) atoms. The van der Waals surface area contributed by atoms with Crippen LogP contribution in [-0.4, -0.2) is 28.0 Å². The van der Waals surface area contributed by atoms with E-state index in [9.17, 15) is 0 Å². The van der Waals surface area contributed by atoms with Crippen molar-refractivity contribution in [3.05, 3.63) is 17.7 Å². The van der Waals surface area contributed by atoms with Gasteiger partial charge in [-0.25, -0.2) is 4.98 Å². The molecule has 4 heteroatoms. The van der Waals surface area contributed by atoms with Crippen molar-refractivity contribution in [1.82, 2.24) is 15.3 Å². The molecule has 1 aromatic rings. The third kappa shape index (κ3) is 1.68. The van der Waals surface area contributed by atoms with E-state index in [0.29, 0.717) is 6.04 Å². The van der Waals surface area contributed by atoms with Crippen LogP contribution < -0.4 is 5.32 Å². The first-order valence-electron chi connectivity index (χ1n) is 5.29. The molecule has 3 rings (SSSR count). The highest BCUT2D eigenvalue weighted by molar-refractivity contribution is 7.99. The topological polar surface area (TPSA) is 40.7 Å². The Morgan fingerprint density at radius 3 is 3.07 bits per heavy atom. The molecular weight excluding hydrogens is 194 g/mol. The summed E-state index contributed by atoms with van der Waals surface area (Å²) in [6.07, 6.45) is 4.71. The van der Waals surface area contributed by atoms with Crippen molar-refractivity contribution in [3.8, 4) is 0 Å². The van der Waals surface area contributed by atoms with E-state index in [2.05, 4.69) is 15.3 Å². The second-order valence-electron chi connectivity index (χ2n) is 4.08. The third-order valence-electron chi connectivity index (χ3n) is 2.88. The fourth-order valence-corrected chi connectivity index (χ4v) is 2.81. The van der Waals surface area contributed by atoms with Gasteiger partial charge in [-0.3, -0.25) is 0 Å². The lowest BCUT2D eigenvalue weighted by Crippen LogP contribution is -2.30. The molecule has 1 saturated heterocycles. The number of thioether (sulfide) groups is 1. The van der Waals surface area contributed by atoms with Gasteiger partial charge in [0.2, 0.25) is 0 Å². The van der Waals surface area contributed by atoms with Crippen LogP contribution >= 0.6 is 11.8 Å². The number of aromatic amines is 1. The van der Waals surface area contributed by atoms with Crippen LogP contribution in [0.15, 0.2) is 6.20 Å². The van der Waals surface area contributed by atoms with Crippen molar-refractivity contribution in [3.63, 3.8) is 0 Å². The average molecular weight is 209 g/mol. The molecule has 1 aliphatic heterocycles. The number of hydrogen-bond acceptors (Lipinski definition) is 3. The van der Waals surface area contributed by atoms with Crippen LogP contribution in [0, 0.1) is 0 Å². The molecule has 2 aliphatic rings. The van der Waals surface area contributed by atoms with E-state index in [1.165, 1.54) is 24.3 Å². The zero-order chi connectivity index (χ0) is 9.38. The molecule has 3 nitrogen and oxygen atoms in total. The van der Waals surface area contributed by atoms with Crippen molar-refractivity contribution in [1.29, 1.82) is 0 Å². The Kier molecular flexibility index (Phi) is 2.25. The summed E-state index contributed by atoms with van der Waals surface area (Å²) in [5.74, 6) is 4.30. The Morgan fingerprint density at radius 1 is 1.43 bits per heavy atom. The van der Waals surface area contributed by atoms with Gasteiger partial charge in [0.15, 0.2) is 0 Å². The molecule has 1 atom stereocenters. The highest BCUT2D eigenvalue weighted by Gasteiger charge is 2.27. The second-order valence-corrected chi connectivity index (χ2v) is 5.23. The van der Waals surface area contributed by atoms with Gasteiger partial charge in [0.25, 0.3) is 0 Å². The smallest absolute Gasteiger partial charge is 0.124 e. The summed E-state index contributed by atoms with van der Waals surface area (Å²) in [7, 11) is 0. The van der Waals surface area contributed by atoms with Crippen molar-refractivity contribution >= 4 is 11.8 Å². The van der Waals surface area contributed by atoms with Gasteiger partial charge in [-0.05, 0) is 12.8 Å². The first-order chi connectivity index (χ1) is 6.93. The van der Waals surface area contributed by atoms with Crippen molar-refractivity contribution in [2.24, 2.45) is 0 Å².